The van der Waals surface area contributed by atoms with Gasteiger partial charge in [-0.3, -0.25) is 4.57 Å². The number of halogens is 2. The van der Waals surface area contributed by atoms with E-state index >= 15 is 0 Å². The van der Waals surface area contributed by atoms with Crippen LogP contribution in [0.5, 0.6) is 0 Å². The molecule has 0 saturated heterocycles. The van der Waals surface area contributed by atoms with Crippen molar-refractivity contribution in [1.82, 2.24) is 9.55 Å². The molecule has 2 heterocycles. The molecule has 0 atom stereocenters. The monoisotopic (exact) mass is 487 g/mol. The number of nitrogens with zero attached hydrogens (tertiary/aromatic N) is 2. The molecule has 0 aliphatic carbocycles. The number of imidazole rings is 1. The molecule has 29 heavy (non-hydrogen) atoms. The molecule has 3 rings (SSSR count). The average Bonchev–Trinajstić information content (AvgIpc) is 3.24. The van der Waals surface area contributed by atoms with Crippen molar-refractivity contribution >= 4 is 45.7 Å². The lowest BCUT2D eigenvalue weighted by molar-refractivity contribution is 0.377. The molecule has 3 aromatic rings. The van der Waals surface area contributed by atoms with Crippen LogP contribution in [-0.2, 0) is 17.5 Å². The minimum atomic E-state index is -4.53. The number of furan rings is 1. The van der Waals surface area contributed by atoms with Gasteiger partial charge in [0.1, 0.15) is 11.3 Å². The van der Waals surface area contributed by atoms with Crippen LogP contribution in [0.15, 0.2) is 22.6 Å². The Morgan fingerprint density at radius 1 is 1.34 bits per heavy atom. The molecule has 0 amide bonds. The van der Waals surface area contributed by atoms with E-state index < -0.39 is 18.9 Å². The van der Waals surface area contributed by atoms with Crippen molar-refractivity contribution in [2.24, 2.45) is 5.92 Å². The maximum atomic E-state index is 14.5. The van der Waals surface area contributed by atoms with Gasteiger partial charge in [-0.2, -0.15) is 0 Å². The van der Waals surface area contributed by atoms with Crippen LogP contribution in [-0.4, -0.2) is 24.7 Å². The van der Waals surface area contributed by atoms with Crippen LogP contribution in [0, 0.1) is 11.7 Å². The SMILES string of the molecule is CC(C)Cn1c(-c2ccc(P(=O)(O)O)o2)nc2c(N)c(F)cc(CCCCBr)c21. The minimum absolute atomic E-state index is 0.0465. The van der Waals surface area contributed by atoms with E-state index in [1.807, 2.05) is 18.4 Å². The molecule has 158 valence electrons. The molecule has 1 aromatic carbocycles. The molecule has 4 N–H and O–H groups in total. The van der Waals surface area contributed by atoms with Crippen LogP contribution in [0.25, 0.3) is 22.6 Å². The van der Waals surface area contributed by atoms with E-state index in [1.54, 1.807) is 0 Å². The second kappa shape index (κ2) is 8.60. The molecule has 0 radical (unpaired) electrons. The zero-order valence-electron chi connectivity index (χ0n) is 16.2. The summed E-state index contributed by atoms with van der Waals surface area (Å²) in [5.74, 6) is 0.283. The largest absolute Gasteiger partial charge is 0.445 e. The molecule has 0 unspecified atom stereocenters. The van der Waals surface area contributed by atoms with Gasteiger partial charge in [-0.1, -0.05) is 29.8 Å². The zero-order valence-corrected chi connectivity index (χ0v) is 18.7. The third-order valence-electron chi connectivity index (χ3n) is 4.56. The van der Waals surface area contributed by atoms with Crippen molar-refractivity contribution in [2.45, 2.75) is 39.7 Å². The summed E-state index contributed by atoms with van der Waals surface area (Å²) in [6, 6.07) is 4.15. The van der Waals surface area contributed by atoms with E-state index in [9.17, 15) is 18.7 Å². The number of hydrogen-bond acceptors (Lipinski definition) is 4. The highest BCUT2D eigenvalue weighted by Gasteiger charge is 2.26. The Balaban J connectivity index is 2.24. The van der Waals surface area contributed by atoms with E-state index in [0.717, 1.165) is 29.3 Å². The van der Waals surface area contributed by atoms with Gasteiger partial charge in [0.25, 0.3) is 0 Å². The third-order valence-corrected chi connectivity index (χ3v) is 5.94. The third kappa shape index (κ3) is 4.58. The van der Waals surface area contributed by atoms with E-state index in [0.29, 0.717) is 24.3 Å². The molecular formula is C19H24BrFN3O4P. The Bertz CT molecular complexity index is 1070. The van der Waals surface area contributed by atoms with Gasteiger partial charge in [0.05, 0.1) is 11.2 Å². The lowest BCUT2D eigenvalue weighted by Gasteiger charge is -2.14. The van der Waals surface area contributed by atoms with Gasteiger partial charge in [0, 0.05) is 11.9 Å². The first-order valence-electron chi connectivity index (χ1n) is 9.32. The van der Waals surface area contributed by atoms with Gasteiger partial charge < -0.3 is 24.5 Å². The molecule has 10 heteroatoms. The molecule has 0 aliphatic rings. The molecule has 7 nitrogen and oxygen atoms in total. The quantitative estimate of drug-likeness (QED) is 0.190. The second-order valence-electron chi connectivity index (χ2n) is 7.40. The van der Waals surface area contributed by atoms with Crippen molar-refractivity contribution in [2.75, 3.05) is 11.1 Å². The number of aryl methyl sites for hydroxylation is 1. The van der Waals surface area contributed by atoms with Crippen molar-refractivity contribution in [3.63, 3.8) is 0 Å². The van der Waals surface area contributed by atoms with E-state index in [-0.39, 0.29) is 17.4 Å². The van der Waals surface area contributed by atoms with E-state index in [1.165, 1.54) is 18.2 Å². The topological polar surface area (TPSA) is 115 Å². The van der Waals surface area contributed by atoms with Gasteiger partial charge in [-0.05, 0) is 48.9 Å². The Kier molecular flexibility index (Phi) is 6.53. The van der Waals surface area contributed by atoms with Crippen LogP contribution in [0.3, 0.4) is 0 Å². The van der Waals surface area contributed by atoms with Crippen LogP contribution in [0.1, 0.15) is 32.3 Å². The fourth-order valence-corrected chi connectivity index (χ4v) is 4.20. The zero-order chi connectivity index (χ0) is 21.3. The van der Waals surface area contributed by atoms with Crippen LogP contribution < -0.4 is 11.2 Å². The second-order valence-corrected chi connectivity index (χ2v) is 9.72. The van der Waals surface area contributed by atoms with Gasteiger partial charge in [0.2, 0.25) is 5.50 Å². The van der Waals surface area contributed by atoms with E-state index in [4.69, 9.17) is 10.2 Å². The maximum Gasteiger partial charge on any atom is 0.391 e. The Morgan fingerprint density at radius 2 is 2.07 bits per heavy atom. The lowest BCUT2D eigenvalue weighted by atomic mass is 10.0. The smallest absolute Gasteiger partial charge is 0.391 e. The summed E-state index contributed by atoms with van der Waals surface area (Å²) in [6.07, 6.45) is 2.48. The van der Waals surface area contributed by atoms with Crippen molar-refractivity contribution < 1.29 is 23.2 Å². The van der Waals surface area contributed by atoms with Gasteiger partial charge in [0.15, 0.2) is 11.6 Å². The Hall–Kier alpha value is -1.67. The summed E-state index contributed by atoms with van der Waals surface area (Å²) < 4.78 is 33.3. The number of nitrogens with two attached hydrogens (primary N) is 1. The highest BCUT2D eigenvalue weighted by molar-refractivity contribution is 9.09. The molecule has 0 saturated carbocycles. The summed E-state index contributed by atoms with van der Waals surface area (Å²) >= 11 is 3.41. The number of fused-ring (bicyclic) bond motifs is 1. The van der Waals surface area contributed by atoms with Crippen LogP contribution >= 0.6 is 23.5 Å². The standard InChI is InChI=1S/C19H24BrFN3O4P/c1-11(2)10-24-18-12(5-3-4-8-20)9-13(21)16(22)17(18)23-19(24)14-6-7-15(28-14)29(25,26)27/h6-7,9,11H,3-5,8,10,22H2,1-2H3,(H2,25,26,27). The first-order chi connectivity index (χ1) is 13.6. The van der Waals surface area contributed by atoms with Gasteiger partial charge in [-0.15, -0.1) is 0 Å². The summed E-state index contributed by atoms with van der Waals surface area (Å²) in [5, 5.41) is 0.863. The number of rotatable bonds is 8. The number of alkyl halides is 1. The highest BCUT2D eigenvalue weighted by atomic mass is 79.9. The van der Waals surface area contributed by atoms with Crippen molar-refractivity contribution in [3.05, 3.63) is 29.6 Å². The number of unbranched alkanes of at least 4 members (excludes halogenated alkanes) is 1. The first-order valence-corrected chi connectivity index (χ1v) is 12.1. The van der Waals surface area contributed by atoms with Gasteiger partial charge in [-0.25, -0.2) is 9.37 Å². The van der Waals surface area contributed by atoms with Crippen molar-refractivity contribution in [1.29, 1.82) is 0 Å². The fourth-order valence-electron chi connectivity index (χ4n) is 3.31. The normalized spacial score (nSPS) is 12.4. The molecule has 0 aliphatic heterocycles. The Labute approximate surface area is 176 Å². The number of anilines is 1. The summed E-state index contributed by atoms with van der Waals surface area (Å²) in [6.45, 7) is 4.64. The summed E-state index contributed by atoms with van der Waals surface area (Å²) in [7, 11) is -4.53. The molecular weight excluding hydrogens is 464 g/mol. The number of benzene rings is 1. The maximum absolute atomic E-state index is 14.5. The highest BCUT2D eigenvalue weighted by Crippen LogP contribution is 2.37. The first kappa shape index (κ1) is 22.0. The fraction of sp³-hybridized carbons (Fsp3) is 0.421. The number of aromatic nitrogens is 2. The van der Waals surface area contributed by atoms with Crippen molar-refractivity contribution in [3.8, 4) is 11.6 Å². The molecule has 0 bridgehead atoms. The minimum Gasteiger partial charge on any atom is -0.445 e. The van der Waals surface area contributed by atoms with Crippen LogP contribution in [0.2, 0.25) is 0 Å². The molecule has 0 fully saturated rings. The predicted octanol–water partition coefficient (Wildman–Crippen LogP) is 4.19. The van der Waals surface area contributed by atoms with Crippen LogP contribution in [0.4, 0.5) is 10.1 Å². The predicted molar refractivity (Wildman–Crippen MR) is 115 cm³/mol. The number of hydrogen-bond donors (Lipinski definition) is 3. The van der Waals surface area contributed by atoms with E-state index in [2.05, 4.69) is 20.9 Å². The average molecular weight is 488 g/mol. The summed E-state index contributed by atoms with van der Waals surface area (Å²) in [4.78, 5) is 23.3. The lowest BCUT2D eigenvalue weighted by Crippen LogP contribution is -2.08. The van der Waals surface area contributed by atoms with Gasteiger partial charge >= 0.3 is 7.60 Å². The summed E-state index contributed by atoms with van der Waals surface area (Å²) in [5.41, 5.74) is 7.38. The molecule has 2 aromatic heterocycles. The Morgan fingerprint density at radius 3 is 2.66 bits per heavy atom. The number of nitrogen functional groups attached to an aromatic ring is 1. The molecule has 0 spiro atoms.